The second-order valence-electron chi connectivity index (χ2n) is 2.50. The molecule has 2 rings (SSSR count). The smallest absolute Gasteiger partial charge is 0.135 e. The van der Waals surface area contributed by atoms with Gasteiger partial charge in [-0.05, 0) is 0 Å². The van der Waals surface area contributed by atoms with Crippen molar-refractivity contribution in [1.82, 2.24) is 0 Å². The Labute approximate surface area is 75.6 Å². The molecule has 1 heterocycles. The standard InChI is InChI=1S/C10H7ClO/c11-9-6-10(12-7-9)8-4-2-1-3-5-8/h1-7H. The first-order valence-corrected chi connectivity index (χ1v) is 4.03. The lowest BCUT2D eigenvalue weighted by Crippen LogP contribution is -1.69. The maximum Gasteiger partial charge on any atom is 0.135 e. The minimum absolute atomic E-state index is 0.633. The molecular weight excluding hydrogens is 172 g/mol. The predicted octanol–water partition coefficient (Wildman–Crippen LogP) is 3.60. The third-order valence-electron chi connectivity index (χ3n) is 1.63. The van der Waals surface area contributed by atoms with Crippen LogP contribution in [0.4, 0.5) is 0 Å². The van der Waals surface area contributed by atoms with Crippen LogP contribution in [-0.4, -0.2) is 0 Å². The van der Waals surface area contributed by atoms with Gasteiger partial charge in [0.1, 0.15) is 12.0 Å². The zero-order valence-corrected chi connectivity index (χ0v) is 7.08. The van der Waals surface area contributed by atoms with Crippen LogP contribution in [0.2, 0.25) is 5.02 Å². The molecule has 0 saturated carbocycles. The quantitative estimate of drug-likeness (QED) is 0.651. The van der Waals surface area contributed by atoms with Crippen LogP contribution in [-0.2, 0) is 0 Å². The van der Waals surface area contributed by atoms with Crippen molar-refractivity contribution in [2.24, 2.45) is 0 Å². The lowest BCUT2D eigenvalue weighted by atomic mass is 10.2. The Morgan fingerprint density at radius 1 is 1.08 bits per heavy atom. The maximum absolute atomic E-state index is 5.72. The number of hydrogen-bond acceptors (Lipinski definition) is 1. The summed E-state index contributed by atoms with van der Waals surface area (Å²) in [4.78, 5) is 0. The number of furan rings is 1. The van der Waals surface area contributed by atoms with E-state index in [1.807, 2.05) is 30.3 Å². The van der Waals surface area contributed by atoms with Crippen LogP contribution in [0.3, 0.4) is 0 Å². The Balaban J connectivity index is 2.45. The van der Waals surface area contributed by atoms with Crippen molar-refractivity contribution in [2.75, 3.05) is 0 Å². The molecule has 1 aromatic heterocycles. The Hall–Kier alpha value is -1.21. The fraction of sp³-hybridized carbons (Fsp3) is 0. The maximum atomic E-state index is 5.72. The van der Waals surface area contributed by atoms with E-state index in [0.717, 1.165) is 11.3 Å². The number of halogens is 1. The fourth-order valence-corrected chi connectivity index (χ4v) is 1.21. The van der Waals surface area contributed by atoms with Gasteiger partial charge < -0.3 is 4.42 Å². The van der Waals surface area contributed by atoms with Gasteiger partial charge in [0.05, 0.1) is 5.02 Å². The van der Waals surface area contributed by atoms with Gasteiger partial charge in [-0.2, -0.15) is 0 Å². The zero-order valence-electron chi connectivity index (χ0n) is 6.33. The monoisotopic (exact) mass is 178 g/mol. The van der Waals surface area contributed by atoms with Crippen LogP contribution in [0, 0.1) is 0 Å². The summed E-state index contributed by atoms with van der Waals surface area (Å²) in [5.41, 5.74) is 1.05. The van der Waals surface area contributed by atoms with Crippen LogP contribution in [0.15, 0.2) is 47.1 Å². The second kappa shape index (κ2) is 3.03. The van der Waals surface area contributed by atoms with E-state index in [1.165, 1.54) is 6.26 Å². The van der Waals surface area contributed by atoms with Crippen molar-refractivity contribution < 1.29 is 4.42 Å². The zero-order chi connectivity index (χ0) is 8.39. The van der Waals surface area contributed by atoms with Gasteiger partial charge in [-0.25, -0.2) is 0 Å². The van der Waals surface area contributed by atoms with Crippen LogP contribution in [0.1, 0.15) is 0 Å². The summed E-state index contributed by atoms with van der Waals surface area (Å²) in [5, 5.41) is 0.633. The van der Waals surface area contributed by atoms with Crippen LogP contribution in [0.5, 0.6) is 0 Å². The van der Waals surface area contributed by atoms with Crippen LogP contribution in [0.25, 0.3) is 11.3 Å². The van der Waals surface area contributed by atoms with Crippen molar-refractivity contribution in [3.8, 4) is 11.3 Å². The molecule has 0 bridgehead atoms. The third-order valence-corrected chi connectivity index (χ3v) is 1.82. The summed E-state index contributed by atoms with van der Waals surface area (Å²) in [6.07, 6.45) is 1.53. The van der Waals surface area contributed by atoms with Crippen molar-refractivity contribution in [3.05, 3.63) is 47.7 Å². The van der Waals surface area contributed by atoms with E-state index in [1.54, 1.807) is 6.07 Å². The number of benzene rings is 1. The average Bonchev–Trinajstić information content (AvgIpc) is 2.54. The highest BCUT2D eigenvalue weighted by Crippen LogP contribution is 2.23. The van der Waals surface area contributed by atoms with E-state index < -0.39 is 0 Å². The van der Waals surface area contributed by atoms with Crippen LogP contribution < -0.4 is 0 Å². The molecule has 0 fully saturated rings. The number of hydrogen-bond donors (Lipinski definition) is 0. The van der Waals surface area contributed by atoms with Crippen molar-refractivity contribution in [1.29, 1.82) is 0 Å². The molecule has 0 amide bonds. The summed E-state index contributed by atoms with van der Waals surface area (Å²) in [5.74, 6) is 0.806. The minimum atomic E-state index is 0.633. The first kappa shape index (κ1) is 7.44. The summed E-state index contributed by atoms with van der Waals surface area (Å²) >= 11 is 5.72. The molecule has 1 aromatic carbocycles. The van der Waals surface area contributed by atoms with Gasteiger partial charge in [0.2, 0.25) is 0 Å². The topological polar surface area (TPSA) is 13.1 Å². The molecule has 0 unspecified atom stereocenters. The third kappa shape index (κ3) is 1.36. The summed E-state index contributed by atoms with van der Waals surface area (Å²) < 4.78 is 5.22. The molecule has 0 radical (unpaired) electrons. The van der Waals surface area contributed by atoms with Gasteiger partial charge in [0.15, 0.2) is 0 Å². The largest absolute Gasteiger partial charge is 0.463 e. The SMILES string of the molecule is Clc1coc(-c2ccccc2)c1. The van der Waals surface area contributed by atoms with Gasteiger partial charge in [0.25, 0.3) is 0 Å². The van der Waals surface area contributed by atoms with E-state index in [-0.39, 0.29) is 0 Å². The molecule has 60 valence electrons. The molecule has 0 N–H and O–H groups in total. The van der Waals surface area contributed by atoms with Gasteiger partial charge >= 0.3 is 0 Å². The lowest BCUT2D eigenvalue weighted by molar-refractivity contribution is 0.582. The van der Waals surface area contributed by atoms with E-state index in [4.69, 9.17) is 16.0 Å². The van der Waals surface area contributed by atoms with Crippen molar-refractivity contribution >= 4 is 11.6 Å². The summed E-state index contributed by atoms with van der Waals surface area (Å²) in [6.45, 7) is 0. The van der Waals surface area contributed by atoms with Crippen LogP contribution >= 0.6 is 11.6 Å². The summed E-state index contributed by atoms with van der Waals surface area (Å²) in [6, 6.07) is 11.7. The molecule has 0 spiro atoms. The van der Waals surface area contributed by atoms with E-state index >= 15 is 0 Å². The molecule has 0 atom stereocenters. The Bertz CT molecular complexity index is 364. The molecule has 12 heavy (non-hydrogen) atoms. The predicted molar refractivity (Wildman–Crippen MR) is 49.2 cm³/mol. The van der Waals surface area contributed by atoms with Gasteiger partial charge in [-0.15, -0.1) is 0 Å². The van der Waals surface area contributed by atoms with E-state index in [0.29, 0.717) is 5.02 Å². The number of rotatable bonds is 1. The van der Waals surface area contributed by atoms with E-state index in [2.05, 4.69) is 0 Å². The molecule has 2 heteroatoms. The highest BCUT2D eigenvalue weighted by molar-refractivity contribution is 6.30. The Morgan fingerprint density at radius 3 is 2.42 bits per heavy atom. The second-order valence-corrected chi connectivity index (χ2v) is 2.93. The molecule has 0 saturated heterocycles. The van der Waals surface area contributed by atoms with Gasteiger partial charge in [-0.1, -0.05) is 41.9 Å². The Morgan fingerprint density at radius 2 is 1.83 bits per heavy atom. The molecule has 0 aliphatic carbocycles. The van der Waals surface area contributed by atoms with Crippen molar-refractivity contribution in [3.63, 3.8) is 0 Å². The minimum Gasteiger partial charge on any atom is -0.463 e. The molecule has 0 aliphatic rings. The van der Waals surface area contributed by atoms with Gasteiger partial charge in [0, 0.05) is 11.6 Å². The molecule has 2 aromatic rings. The average molecular weight is 179 g/mol. The highest BCUT2D eigenvalue weighted by Gasteiger charge is 2.00. The molecular formula is C10H7ClO. The van der Waals surface area contributed by atoms with Gasteiger partial charge in [-0.3, -0.25) is 0 Å². The highest BCUT2D eigenvalue weighted by atomic mass is 35.5. The van der Waals surface area contributed by atoms with E-state index in [9.17, 15) is 0 Å². The normalized spacial score (nSPS) is 10.1. The van der Waals surface area contributed by atoms with Crippen molar-refractivity contribution in [2.45, 2.75) is 0 Å². The molecule has 0 aliphatic heterocycles. The lowest BCUT2D eigenvalue weighted by Gasteiger charge is -1.92. The molecule has 1 nitrogen and oxygen atoms in total. The Kier molecular flexibility index (Phi) is 1.88. The summed E-state index contributed by atoms with van der Waals surface area (Å²) in [7, 11) is 0. The fourth-order valence-electron chi connectivity index (χ4n) is 1.07. The first-order valence-electron chi connectivity index (χ1n) is 3.66. The first-order chi connectivity index (χ1) is 5.86.